The van der Waals surface area contributed by atoms with Crippen LogP contribution in [0.3, 0.4) is 0 Å². The molecule has 1 saturated heterocycles. The van der Waals surface area contributed by atoms with E-state index in [1.807, 2.05) is 0 Å². The molecule has 1 aliphatic rings. The second kappa shape index (κ2) is 21.9. The van der Waals surface area contributed by atoms with E-state index in [2.05, 4.69) is 21.9 Å². The van der Waals surface area contributed by atoms with Gasteiger partial charge in [-0.3, -0.25) is 4.57 Å². The van der Waals surface area contributed by atoms with Crippen molar-refractivity contribution >= 4 is 25.2 Å². The van der Waals surface area contributed by atoms with Gasteiger partial charge in [0.05, 0.1) is 12.9 Å². The lowest BCUT2D eigenvalue weighted by Gasteiger charge is -2.22. The summed E-state index contributed by atoms with van der Waals surface area (Å²) in [6, 6.07) is 0. The van der Waals surface area contributed by atoms with Crippen LogP contribution in [0.25, 0.3) is 11.2 Å². The standard InChI is InChI=1S/C32H56N5O6P/c1-2-3-4-5-6-7-8-9-10-11-12-13-14-15-16-17-18-19-20-21-22-41-29-28(43-44(39)40)26(23-38)42-32(29)37-25-36-27-30(33)34-24-35-31(27)37/h24-26,28-29,32,38H,2-23H2,1H3,(H2-,33,34,35,39,40)/p+1/t26-,28?,29+,32-/m1/s1. The number of aromatic nitrogens is 4. The first-order chi connectivity index (χ1) is 21.6. The second-order valence-corrected chi connectivity index (χ2v) is 12.9. The van der Waals surface area contributed by atoms with Crippen LogP contribution in [0.2, 0.25) is 0 Å². The predicted octanol–water partition coefficient (Wildman–Crippen LogP) is 7.54. The van der Waals surface area contributed by atoms with Gasteiger partial charge in [0.1, 0.15) is 24.1 Å². The predicted molar refractivity (Wildman–Crippen MR) is 173 cm³/mol. The third-order valence-electron chi connectivity index (χ3n) is 8.65. The van der Waals surface area contributed by atoms with Crippen LogP contribution in [-0.2, 0) is 18.6 Å². The molecule has 0 aromatic carbocycles. The highest BCUT2D eigenvalue weighted by Gasteiger charge is 2.51. The highest BCUT2D eigenvalue weighted by atomic mass is 31.1. The number of ether oxygens (including phenoxy) is 2. The van der Waals surface area contributed by atoms with Crippen molar-refractivity contribution in [3.05, 3.63) is 12.7 Å². The van der Waals surface area contributed by atoms with Crippen LogP contribution in [0, 0.1) is 0 Å². The maximum Gasteiger partial charge on any atom is 0.695 e. The summed E-state index contributed by atoms with van der Waals surface area (Å²) < 4.78 is 30.6. The van der Waals surface area contributed by atoms with E-state index >= 15 is 0 Å². The topological polar surface area (TPSA) is 155 Å². The zero-order valence-corrected chi connectivity index (χ0v) is 27.8. The molecule has 2 unspecified atom stereocenters. The molecule has 0 saturated carbocycles. The summed E-state index contributed by atoms with van der Waals surface area (Å²) in [4.78, 5) is 22.0. The molecule has 0 amide bonds. The summed E-state index contributed by atoms with van der Waals surface area (Å²) >= 11 is 0. The average molecular weight is 639 g/mol. The first kappa shape index (κ1) is 36.7. The Morgan fingerprint density at radius 3 is 1.84 bits per heavy atom. The van der Waals surface area contributed by atoms with E-state index in [0.29, 0.717) is 17.8 Å². The minimum absolute atomic E-state index is 0.235. The number of unbranched alkanes of at least 4 members (excludes halogenated alkanes) is 19. The van der Waals surface area contributed by atoms with Gasteiger partial charge in [-0.2, -0.15) is 0 Å². The summed E-state index contributed by atoms with van der Waals surface area (Å²) in [5, 5.41) is 9.88. The molecule has 0 radical (unpaired) electrons. The molecule has 0 aliphatic carbocycles. The van der Waals surface area contributed by atoms with Crippen LogP contribution in [0.5, 0.6) is 0 Å². The number of fused-ring (bicyclic) bond motifs is 1. The summed E-state index contributed by atoms with van der Waals surface area (Å²) in [5.74, 6) is 0.235. The van der Waals surface area contributed by atoms with E-state index in [0.717, 1.165) is 19.3 Å². The van der Waals surface area contributed by atoms with Crippen molar-refractivity contribution in [1.29, 1.82) is 0 Å². The molecule has 12 heteroatoms. The lowest BCUT2D eigenvalue weighted by Crippen LogP contribution is -2.37. The number of rotatable bonds is 26. The zero-order chi connectivity index (χ0) is 31.4. The number of hydrogen-bond donors (Lipinski definition) is 3. The fourth-order valence-electron chi connectivity index (χ4n) is 6.12. The Kier molecular flexibility index (Phi) is 18.3. The second-order valence-electron chi connectivity index (χ2n) is 12.2. The molecule has 0 spiro atoms. The van der Waals surface area contributed by atoms with Crippen molar-refractivity contribution in [2.45, 2.75) is 160 Å². The molecule has 4 N–H and O–H groups in total. The van der Waals surface area contributed by atoms with Gasteiger partial charge in [-0.1, -0.05) is 129 Å². The fourth-order valence-corrected chi connectivity index (χ4v) is 6.58. The van der Waals surface area contributed by atoms with Crippen molar-refractivity contribution in [2.24, 2.45) is 0 Å². The Hall–Kier alpha value is -1.75. The Labute approximate surface area is 264 Å². The van der Waals surface area contributed by atoms with Crippen molar-refractivity contribution < 1.29 is 28.6 Å². The van der Waals surface area contributed by atoms with Gasteiger partial charge in [0, 0.05) is 11.2 Å². The average Bonchev–Trinajstić information content (AvgIpc) is 3.59. The smallest absolute Gasteiger partial charge is 0.394 e. The van der Waals surface area contributed by atoms with Crippen LogP contribution in [0.15, 0.2) is 12.7 Å². The number of nitrogens with two attached hydrogens (primary N) is 1. The molecule has 11 nitrogen and oxygen atoms in total. The maximum absolute atomic E-state index is 11.6. The number of imidazole rings is 1. The number of hydrogen-bond acceptors (Lipinski definition) is 9. The van der Waals surface area contributed by atoms with Crippen molar-refractivity contribution in [2.75, 3.05) is 18.9 Å². The van der Waals surface area contributed by atoms with Gasteiger partial charge in [-0.05, 0) is 6.42 Å². The van der Waals surface area contributed by atoms with E-state index in [1.165, 1.54) is 122 Å². The molecule has 3 rings (SSSR count). The molecular formula is C32H57N5O6P+. The third-order valence-corrected chi connectivity index (χ3v) is 9.07. The first-order valence-corrected chi connectivity index (χ1v) is 18.3. The molecule has 2 aromatic rings. The van der Waals surface area contributed by atoms with E-state index in [4.69, 9.17) is 19.7 Å². The molecule has 2 aromatic heterocycles. The highest BCUT2D eigenvalue weighted by molar-refractivity contribution is 7.32. The SMILES string of the molecule is CCCCCCCCCCCCCCCCCCCCCCO[C@H]1C(O[P+](=O)O)[C@@H](CO)O[C@H]1n1cnc2c(N)ncnc21. The highest BCUT2D eigenvalue weighted by Crippen LogP contribution is 2.39. The fraction of sp³-hybridized carbons (Fsp3) is 0.844. The van der Waals surface area contributed by atoms with Gasteiger partial charge in [0.25, 0.3) is 0 Å². The van der Waals surface area contributed by atoms with E-state index in [1.54, 1.807) is 4.57 Å². The largest absolute Gasteiger partial charge is 0.695 e. The van der Waals surface area contributed by atoms with Crippen LogP contribution in [0.1, 0.15) is 142 Å². The molecule has 5 atom stereocenters. The van der Waals surface area contributed by atoms with Gasteiger partial charge < -0.3 is 20.3 Å². The monoisotopic (exact) mass is 638 g/mol. The summed E-state index contributed by atoms with van der Waals surface area (Å²) in [7, 11) is -2.92. The van der Waals surface area contributed by atoms with Gasteiger partial charge in [-0.25, -0.2) is 15.0 Å². The van der Waals surface area contributed by atoms with Gasteiger partial charge >= 0.3 is 8.25 Å². The number of anilines is 1. The number of aliphatic hydroxyl groups is 1. The van der Waals surface area contributed by atoms with Crippen LogP contribution in [0.4, 0.5) is 5.82 Å². The Balaban J connectivity index is 1.25. The Morgan fingerprint density at radius 2 is 1.34 bits per heavy atom. The van der Waals surface area contributed by atoms with E-state index in [-0.39, 0.29) is 5.82 Å². The van der Waals surface area contributed by atoms with Crippen LogP contribution < -0.4 is 5.73 Å². The van der Waals surface area contributed by atoms with Crippen molar-refractivity contribution in [3.63, 3.8) is 0 Å². The summed E-state index contributed by atoms with van der Waals surface area (Å²) in [6.45, 7) is 2.32. The van der Waals surface area contributed by atoms with E-state index < -0.39 is 39.4 Å². The molecule has 250 valence electrons. The Morgan fingerprint density at radius 1 is 0.818 bits per heavy atom. The maximum atomic E-state index is 11.6. The number of aliphatic hydroxyl groups excluding tert-OH is 1. The number of nitrogen functional groups attached to an aromatic ring is 1. The molecule has 44 heavy (non-hydrogen) atoms. The molecule has 1 fully saturated rings. The Bertz CT molecular complexity index is 1060. The van der Waals surface area contributed by atoms with Gasteiger partial charge in [-0.15, -0.1) is 9.42 Å². The normalized spacial score (nSPS) is 20.6. The molecule has 0 bridgehead atoms. The van der Waals surface area contributed by atoms with Crippen molar-refractivity contribution in [3.8, 4) is 0 Å². The quantitative estimate of drug-likeness (QED) is 0.0695. The number of nitrogens with zero attached hydrogens (tertiary/aromatic N) is 4. The zero-order valence-electron chi connectivity index (χ0n) is 26.9. The minimum Gasteiger partial charge on any atom is -0.394 e. The first-order valence-electron chi connectivity index (χ1n) is 17.2. The lowest BCUT2D eigenvalue weighted by molar-refractivity contribution is -0.0705. The summed E-state index contributed by atoms with van der Waals surface area (Å²) in [5.41, 5.74) is 6.80. The lowest BCUT2D eigenvalue weighted by atomic mass is 10.0. The molecule has 3 heterocycles. The van der Waals surface area contributed by atoms with Gasteiger partial charge in [0.15, 0.2) is 23.8 Å². The van der Waals surface area contributed by atoms with Crippen LogP contribution >= 0.6 is 8.25 Å². The van der Waals surface area contributed by atoms with Crippen LogP contribution in [-0.4, -0.2) is 61.0 Å². The van der Waals surface area contributed by atoms with Crippen molar-refractivity contribution in [1.82, 2.24) is 19.5 Å². The minimum atomic E-state index is -2.92. The molecule has 1 aliphatic heterocycles. The summed E-state index contributed by atoms with van der Waals surface area (Å²) in [6.07, 6.45) is 26.0. The third kappa shape index (κ3) is 12.6. The van der Waals surface area contributed by atoms with Gasteiger partial charge in [0.2, 0.25) is 0 Å². The molecular weight excluding hydrogens is 581 g/mol. The van der Waals surface area contributed by atoms with E-state index in [9.17, 15) is 14.6 Å².